The third kappa shape index (κ3) is 3.08. The molecule has 7 heteroatoms. The maximum absolute atomic E-state index is 14.7. The number of hydrogen-bond donors (Lipinski definition) is 3. The van der Waals surface area contributed by atoms with Gasteiger partial charge in [-0.15, -0.1) is 10.8 Å². The molecule has 0 radical (unpaired) electrons. The minimum absolute atomic E-state index is 0.0209. The number of benzene rings is 1. The van der Waals surface area contributed by atoms with E-state index in [9.17, 15) is 23.4 Å². The molecule has 0 saturated carbocycles. The maximum Gasteiger partial charge on any atom is 0.338 e. The number of rotatable bonds is 3. The summed E-state index contributed by atoms with van der Waals surface area (Å²) < 4.78 is 36.4. The fourth-order valence-corrected chi connectivity index (χ4v) is 4.83. The van der Waals surface area contributed by atoms with Crippen LogP contribution in [0.3, 0.4) is 0 Å². The molecular weight excluding hydrogens is 321 g/mol. The molecule has 23 heavy (non-hydrogen) atoms. The molecule has 1 aromatic rings. The smallest absolute Gasteiger partial charge is 0.338 e. The van der Waals surface area contributed by atoms with Crippen LogP contribution in [0, 0.1) is 5.82 Å². The van der Waals surface area contributed by atoms with Gasteiger partial charge in [0.2, 0.25) is 0 Å². The van der Waals surface area contributed by atoms with Gasteiger partial charge in [0.25, 0.3) is 0 Å². The van der Waals surface area contributed by atoms with Crippen LogP contribution in [0.2, 0.25) is 0 Å². The number of halogens is 1. The Balaban J connectivity index is 2.12. The lowest BCUT2D eigenvalue weighted by atomic mass is 10.0. The molecule has 2 aliphatic rings. The normalized spacial score (nSPS) is 21.9. The molecule has 1 fully saturated rings. The van der Waals surface area contributed by atoms with Crippen LogP contribution in [-0.4, -0.2) is 32.5 Å². The molecule has 0 aromatic heterocycles. The molecular formula is C16H20FNO4S. The highest BCUT2D eigenvalue weighted by Gasteiger charge is 2.31. The number of carboxylic acids is 1. The van der Waals surface area contributed by atoms with Gasteiger partial charge in [-0.3, -0.25) is 13.4 Å². The van der Waals surface area contributed by atoms with Crippen LogP contribution in [-0.2, 0) is 0 Å². The molecule has 3 N–H and O–H groups in total. The molecule has 0 amide bonds. The van der Waals surface area contributed by atoms with E-state index in [4.69, 9.17) is 0 Å². The van der Waals surface area contributed by atoms with Gasteiger partial charge >= 0.3 is 5.97 Å². The van der Waals surface area contributed by atoms with Crippen LogP contribution in [0.5, 0.6) is 0 Å². The van der Waals surface area contributed by atoms with Gasteiger partial charge in [-0.2, -0.15) is 0 Å². The van der Waals surface area contributed by atoms with Gasteiger partial charge in [0.1, 0.15) is 0 Å². The van der Waals surface area contributed by atoms with Crippen molar-refractivity contribution < 1.29 is 23.4 Å². The highest BCUT2D eigenvalue weighted by atomic mass is 32.3. The van der Waals surface area contributed by atoms with Gasteiger partial charge in [0.05, 0.1) is 17.0 Å². The molecule has 1 heterocycles. The zero-order chi connectivity index (χ0) is 16.6. The maximum atomic E-state index is 14.7. The van der Waals surface area contributed by atoms with Crippen LogP contribution in [0.1, 0.15) is 48.0 Å². The number of carboxylic acid groups (broad SMARTS) is 1. The Morgan fingerprint density at radius 3 is 2.61 bits per heavy atom. The summed E-state index contributed by atoms with van der Waals surface area (Å²) >= 11 is 0. The lowest BCUT2D eigenvalue weighted by Gasteiger charge is -2.47. The second-order valence-corrected chi connectivity index (χ2v) is 8.04. The molecule has 0 unspecified atom stereocenters. The van der Waals surface area contributed by atoms with Crippen LogP contribution in [0.15, 0.2) is 18.2 Å². The first kappa shape index (κ1) is 16.3. The largest absolute Gasteiger partial charge is 0.478 e. The topological polar surface area (TPSA) is 81.0 Å². The predicted molar refractivity (Wildman–Crippen MR) is 89.5 cm³/mol. The van der Waals surface area contributed by atoms with E-state index in [-0.39, 0.29) is 11.4 Å². The fraction of sp³-hybridized carbons (Fsp3) is 0.438. The van der Waals surface area contributed by atoms with E-state index in [2.05, 4.69) is 0 Å². The number of aromatic carboxylic acids is 1. The van der Waals surface area contributed by atoms with Gasteiger partial charge in [-0.1, -0.05) is 6.08 Å². The zero-order valence-corrected chi connectivity index (χ0v) is 13.5. The third-order valence-corrected chi connectivity index (χ3v) is 6.27. The molecule has 3 rings (SSSR count). The summed E-state index contributed by atoms with van der Waals surface area (Å²) in [6, 6.07) is 2.90. The van der Waals surface area contributed by atoms with E-state index in [0.717, 1.165) is 24.8 Å². The molecule has 5 nitrogen and oxygen atoms in total. The van der Waals surface area contributed by atoms with E-state index in [1.165, 1.54) is 10.4 Å². The number of hydrogen-bond acceptors (Lipinski definition) is 4. The minimum atomic E-state index is -3.10. The first-order chi connectivity index (χ1) is 10.9. The first-order valence-electron chi connectivity index (χ1n) is 7.70. The average Bonchev–Trinajstić information content (AvgIpc) is 3.01. The molecule has 1 aliphatic carbocycles. The summed E-state index contributed by atoms with van der Waals surface area (Å²) in [6.45, 7) is 0.306. The SMILES string of the molecule is O=C(O)c1cc(C2=CCCC2)cc(N2CCCCS2(O)O)c1F. The molecule has 0 atom stereocenters. The molecule has 0 spiro atoms. The Morgan fingerprint density at radius 2 is 2.00 bits per heavy atom. The van der Waals surface area contributed by atoms with Crippen LogP contribution in [0.4, 0.5) is 10.1 Å². The zero-order valence-electron chi connectivity index (χ0n) is 12.7. The lowest BCUT2D eigenvalue weighted by Crippen LogP contribution is -2.35. The van der Waals surface area contributed by atoms with Gasteiger partial charge in [0, 0.05) is 6.54 Å². The van der Waals surface area contributed by atoms with Crippen molar-refractivity contribution in [2.24, 2.45) is 0 Å². The second kappa shape index (κ2) is 6.14. The van der Waals surface area contributed by atoms with Gasteiger partial charge in [-0.25, -0.2) is 9.18 Å². The van der Waals surface area contributed by atoms with Crippen molar-refractivity contribution in [2.75, 3.05) is 16.6 Å². The highest BCUT2D eigenvalue weighted by Crippen LogP contribution is 2.51. The fourth-order valence-electron chi connectivity index (χ4n) is 3.15. The van der Waals surface area contributed by atoms with Crippen LogP contribution >= 0.6 is 10.8 Å². The summed E-state index contributed by atoms with van der Waals surface area (Å²) in [4.78, 5) is 11.4. The van der Waals surface area contributed by atoms with Crippen molar-refractivity contribution in [2.45, 2.75) is 32.1 Å². The Kier molecular flexibility index (Phi) is 4.35. The van der Waals surface area contributed by atoms with Gasteiger partial charge < -0.3 is 5.11 Å². The summed E-state index contributed by atoms with van der Waals surface area (Å²) in [7, 11) is -3.10. The van der Waals surface area contributed by atoms with E-state index >= 15 is 0 Å². The van der Waals surface area contributed by atoms with Crippen LogP contribution in [0.25, 0.3) is 5.57 Å². The summed E-state index contributed by atoms with van der Waals surface area (Å²) in [6.07, 6.45) is 6.13. The van der Waals surface area contributed by atoms with Crippen molar-refractivity contribution in [3.63, 3.8) is 0 Å². The first-order valence-corrected chi connectivity index (χ1v) is 9.37. The molecule has 126 valence electrons. The number of nitrogens with zero attached hydrogens (tertiary/aromatic N) is 1. The number of anilines is 1. The van der Waals surface area contributed by atoms with Gasteiger partial charge in [-0.05, 0) is 55.4 Å². The summed E-state index contributed by atoms with van der Waals surface area (Å²) in [5.74, 6) is -2.07. The standard InChI is InChI=1S/C16H20FNO4S/c17-15-13(16(19)20)9-12(11-5-1-2-6-11)10-14(15)18-7-3-4-8-23(18,21)22/h5,9-10,21-22H,1-4,6-8H2,(H,19,20). The average molecular weight is 341 g/mol. The van der Waals surface area contributed by atoms with E-state index in [1.54, 1.807) is 6.07 Å². The Bertz CT molecular complexity index is 674. The highest BCUT2D eigenvalue weighted by molar-refractivity contribution is 8.25. The van der Waals surface area contributed by atoms with Crippen molar-refractivity contribution >= 4 is 28.0 Å². The quantitative estimate of drug-likeness (QED) is 0.761. The lowest BCUT2D eigenvalue weighted by molar-refractivity contribution is 0.0692. The molecule has 1 saturated heterocycles. The summed E-state index contributed by atoms with van der Waals surface area (Å²) in [5, 5.41) is 9.29. The van der Waals surface area contributed by atoms with Crippen molar-refractivity contribution in [1.82, 2.24) is 0 Å². The monoisotopic (exact) mass is 341 g/mol. The van der Waals surface area contributed by atoms with Crippen molar-refractivity contribution in [3.8, 4) is 0 Å². The molecule has 1 aromatic carbocycles. The summed E-state index contributed by atoms with van der Waals surface area (Å²) in [5.41, 5.74) is 1.19. The van der Waals surface area contributed by atoms with Crippen molar-refractivity contribution in [1.29, 1.82) is 0 Å². The Morgan fingerprint density at radius 1 is 1.22 bits per heavy atom. The van der Waals surface area contributed by atoms with Crippen molar-refractivity contribution in [3.05, 3.63) is 35.2 Å². The third-order valence-electron chi connectivity index (χ3n) is 4.35. The molecule has 0 bridgehead atoms. The molecule has 1 aliphatic heterocycles. The van der Waals surface area contributed by atoms with Gasteiger partial charge in [0.15, 0.2) is 5.82 Å². The van der Waals surface area contributed by atoms with E-state index in [1.807, 2.05) is 6.08 Å². The number of allylic oxidation sites excluding steroid dienone is 2. The Hall–Kier alpha value is -1.57. The Labute approximate surface area is 135 Å². The minimum Gasteiger partial charge on any atom is -0.478 e. The predicted octanol–water partition coefficient (Wildman–Crippen LogP) is 4.36. The van der Waals surface area contributed by atoms with Crippen LogP contribution < -0.4 is 4.31 Å². The second-order valence-electron chi connectivity index (χ2n) is 5.93. The van der Waals surface area contributed by atoms with E-state index in [0.29, 0.717) is 24.9 Å². The number of carbonyl (C=O) groups is 1. The van der Waals surface area contributed by atoms with E-state index < -0.39 is 28.1 Å².